The number of aromatic nitrogens is 3. The minimum absolute atomic E-state index is 0.101. The van der Waals surface area contributed by atoms with Crippen LogP contribution in [0.5, 0.6) is 0 Å². The van der Waals surface area contributed by atoms with Gasteiger partial charge in [-0.3, -0.25) is 4.79 Å². The van der Waals surface area contributed by atoms with E-state index in [-0.39, 0.29) is 18.9 Å². The van der Waals surface area contributed by atoms with Crippen LogP contribution in [0.3, 0.4) is 0 Å². The van der Waals surface area contributed by atoms with Gasteiger partial charge in [-0.15, -0.1) is 0 Å². The summed E-state index contributed by atoms with van der Waals surface area (Å²) in [5, 5.41) is 13.7. The number of aryl methyl sites for hydroxylation is 2. The molecule has 0 bridgehead atoms. The zero-order chi connectivity index (χ0) is 20.4. The lowest BCUT2D eigenvalue weighted by atomic mass is 10.1. The molecule has 0 atom stereocenters. The molecule has 0 saturated heterocycles. The maximum atomic E-state index is 13.9. The number of carbonyl (C=O) groups is 1. The second-order valence-corrected chi connectivity index (χ2v) is 7.02. The number of hydrogen-bond acceptors (Lipinski definition) is 4. The van der Waals surface area contributed by atoms with Crippen molar-refractivity contribution in [1.82, 2.24) is 19.5 Å². The average Bonchev–Trinajstić information content (AvgIpc) is 3.07. The van der Waals surface area contributed by atoms with E-state index in [0.717, 1.165) is 17.0 Å². The van der Waals surface area contributed by atoms with Gasteiger partial charge in [0.1, 0.15) is 17.4 Å². The van der Waals surface area contributed by atoms with Crippen LogP contribution < -0.4 is 0 Å². The van der Waals surface area contributed by atoms with Gasteiger partial charge in [0.05, 0.1) is 6.20 Å². The average molecular weight is 400 g/mol. The van der Waals surface area contributed by atoms with Gasteiger partial charge in [-0.1, -0.05) is 17.7 Å². The summed E-state index contributed by atoms with van der Waals surface area (Å²) in [7, 11) is 1.62. The van der Waals surface area contributed by atoms with Crippen LogP contribution in [0.25, 0.3) is 5.65 Å². The fraction of sp³-hybridized carbons (Fsp3) is 0.300. The molecule has 0 spiro atoms. The summed E-state index contributed by atoms with van der Waals surface area (Å²) < 4.78 is 15.6. The maximum absolute atomic E-state index is 13.9. The zero-order valence-electron chi connectivity index (χ0n) is 15.8. The third-order valence-electron chi connectivity index (χ3n) is 4.80. The molecule has 1 aromatic carbocycles. The van der Waals surface area contributed by atoms with Crippen molar-refractivity contribution in [2.24, 2.45) is 0 Å². The Balaban J connectivity index is 1.75. The number of carbonyl (C=O) groups excluding carboxylic acids is 1. The second kappa shape index (κ2) is 7.95. The Kier molecular flexibility index (Phi) is 5.61. The third-order valence-corrected chi connectivity index (χ3v) is 5.15. The van der Waals surface area contributed by atoms with E-state index in [1.807, 2.05) is 13.8 Å². The zero-order valence-corrected chi connectivity index (χ0v) is 16.6. The minimum Gasteiger partial charge on any atom is -0.341 e. The Morgan fingerprint density at radius 3 is 2.79 bits per heavy atom. The predicted octanol–water partition coefficient (Wildman–Crippen LogP) is 3.60. The lowest BCUT2D eigenvalue weighted by molar-refractivity contribution is -0.130. The van der Waals surface area contributed by atoms with Gasteiger partial charge in [0, 0.05) is 42.0 Å². The summed E-state index contributed by atoms with van der Waals surface area (Å²) >= 11 is 6.04. The molecule has 0 aliphatic rings. The SMILES string of the molecule is Cc1nc2c(C#N)cnn2c(C)c1CCC(=O)N(C)Cc1c(F)cccc1Cl. The predicted molar refractivity (Wildman–Crippen MR) is 103 cm³/mol. The van der Waals surface area contributed by atoms with Crippen molar-refractivity contribution in [2.45, 2.75) is 33.2 Å². The molecule has 0 aliphatic carbocycles. The first kappa shape index (κ1) is 19.8. The van der Waals surface area contributed by atoms with Gasteiger partial charge in [-0.05, 0) is 38.0 Å². The largest absolute Gasteiger partial charge is 0.341 e. The number of amides is 1. The minimum atomic E-state index is -0.430. The number of nitrogens with zero attached hydrogens (tertiary/aromatic N) is 5. The Hall–Kier alpha value is -2.98. The van der Waals surface area contributed by atoms with E-state index in [4.69, 9.17) is 16.9 Å². The van der Waals surface area contributed by atoms with Crippen LogP contribution in [0.2, 0.25) is 5.02 Å². The van der Waals surface area contributed by atoms with Gasteiger partial charge in [0.15, 0.2) is 5.65 Å². The highest BCUT2D eigenvalue weighted by Crippen LogP contribution is 2.22. The van der Waals surface area contributed by atoms with E-state index in [2.05, 4.69) is 16.2 Å². The van der Waals surface area contributed by atoms with Gasteiger partial charge in [0.2, 0.25) is 5.91 Å². The molecular weight excluding hydrogens is 381 g/mol. The van der Waals surface area contributed by atoms with Crippen LogP contribution >= 0.6 is 11.6 Å². The summed E-state index contributed by atoms with van der Waals surface area (Å²) in [5.74, 6) is -0.558. The summed E-state index contributed by atoms with van der Waals surface area (Å²) in [6.07, 6.45) is 2.19. The van der Waals surface area contributed by atoms with E-state index in [9.17, 15) is 9.18 Å². The number of hydrogen-bond donors (Lipinski definition) is 0. The second-order valence-electron chi connectivity index (χ2n) is 6.62. The summed E-state index contributed by atoms with van der Waals surface area (Å²) in [5.41, 5.74) is 3.74. The highest BCUT2D eigenvalue weighted by atomic mass is 35.5. The molecule has 0 unspecified atom stereocenters. The van der Waals surface area contributed by atoms with Crippen molar-refractivity contribution in [3.8, 4) is 6.07 Å². The van der Waals surface area contributed by atoms with E-state index in [0.29, 0.717) is 28.2 Å². The van der Waals surface area contributed by atoms with Crippen molar-refractivity contribution in [3.05, 3.63) is 63.3 Å². The number of fused-ring (bicyclic) bond motifs is 1. The highest BCUT2D eigenvalue weighted by molar-refractivity contribution is 6.31. The number of nitriles is 1. The molecule has 0 aliphatic heterocycles. The van der Waals surface area contributed by atoms with Crippen molar-refractivity contribution < 1.29 is 9.18 Å². The lowest BCUT2D eigenvalue weighted by Crippen LogP contribution is -2.27. The molecule has 2 aromatic heterocycles. The van der Waals surface area contributed by atoms with Crippen LogP contribution in [0.1, 0.15) is 34.5 Å². The first-order valence-electron chi connectivity index (χ1n) is 8.74. The lowest BCUT2D eigenvalue weighted by Gasteiger charge is -2.19. The smallest absolute Gasteiger partial charge is 0.222 e. The molecular formula is C20H19ClFN5O. The molecule has 8 heteroatoms. The highest BCUT2D eigenvalue weighted by Gasteiger charge is 2.17. The van der Waals surface area contributed by atoms with Crippen LogP contribution in [0.4, 0.5) is 4.39 Å². The van der Waals surface area contributed by atoms with Crippen LogP contribution in [-0.4, -0.2) is 32.5 Å². The van der Waals surface area contributed by atoms with Crippen molar-refractivity contribution in [2.75, 3.05) is 7.05 Å². The maximum Gasteiger partial charge on any atom is 0.222 e. The van der Waals surface area contributed by atoms with Gasteiger partial charge >= 0.3 is 0 Å². The molecule has 1 amide bonds. The van der Waals surface area contributed by atoms with E-state index < -0.39 is 5.82 Å². The molecule has 28 heavy (non-hydrogen) atoms. The van der Waals surface area contributed by atoms with Crippen molar-refractivity contribution in [1.29, 1.82) is 5.26 Å². The molecule has 3 rings (SSSR count). The normalized spacial score (nSPS) is 10.9. The van der Waals surface area contributed by atoms with Gasteiger partial charge < -0.3 is 4.90 Å². The monoisotopic (exact) mass is 399 g/mol. The van der Waals surface area contributed by atoms with Gasteiger partial charge in [0.25, 0.3) is 0 Å². The Morgan fingerprint density at radius 1 is 1.36 bits per heavy atom. The van der Waals surface area contributed by atoms with Gasteiger partial charge in [-0.25, -0.2) is 13.9 Å². The van der Waals surface area contributed by atoms with Gasteiger partial charge in [-0.2, -0.15) is 10.4 Å². The van der Waals surface area contributed by atoms with Crippen LogP contribution in [0.15, 0.2) is 24.4 Å². The summed E-state index contributed by atoms with van der Waals surface area (Å²) in [6.45, 7) is 3.84. The molecule has 2 heterocycles. The van der Waals surface area contributed by atoms with E-state index in [1.165, 1.54) is 23.2 Å². The molecule has 0 fully saturated rings. The number of rotatable bonds is 5. The molecule has 0 N–H and O–H groups in total. The summed E-state index contributed by atoms with van der Waals surface area (Å²) in [6, 6.07) is 6.53. The van der Waals surface area contributed by atoms with Crippen molar-refractivity contribution in [3.63, 3.8) is 0 Å². The molecule has 0 saturated carbocycles. The molecule has 3 aromatic rings. The first-order chi connectivity index (χ1) is 13.3. The standard InChI is InChI=1S/C20H19ClFN5O/c1-12-15(13(2)27-20(25-12)14(9-23)10-24-27)7-8-19(28)26(3)11-16-17(21)5-4-6-18(16)22/h4-6,10H,7-8,11H2,1-3H3. The number of halogens is 2. The Labute approximate surface area is 167 Å². The Morgan fingerprint density at radius 2 is 2.11 bits per heavy atom. The summed E-state index contributed by atoms with van der Waals surface area (Å²) in [4.78, 5) is 18.5. The van der Waals surface area contributed by atoms with E-state index >= 15 is 0 Å². The third kappa shape index (κ3) is 3.69. The Bertz CT molecular complexity index is 1080. The fourth-order valence-electron chi connectivity index (χ4n) is 3.18. The van der Waals surface area contributed by atoms with E-state index in [1.54, 1.807) is 17.6 Å². The molecule has 0 radical (unpaired) electrons. The fourth-order valence-corrected chi connectivity index (χ4v) is 3.41. The quantitative estimate of drug-likeness (QED) is 0.657. The van der Waals surface area contributed by atoms with Crippen molar-refractivity contribution >= 4 is 23.2 Å². The van der Waals surface area contributed by atoms with Crippen LogP contribution in [0, 0.1) is 31.0 Å². The molecule has 144 valence electrons. The first-order valence-corrected chi connectivity index (χ1v) is 9.12. The number of benzene rings is 1. The molecule has 6 nitrogen and oxygen atoms in total. The topological polar surface area (TPSA) is 74.3 Å². The van der Waals surface area contributed by atoms with Crippen LogP contribution in [-0.2, 0) is 17.8 Å².